The zero-order valence-corrected chi connectivity index (χ0v) is 9.59. The van der Waals surface area contributed by atoms with Crippen molar-refractivity contribution in [2.75, 3.05) is 0 Å². The molecule has 15 heavy (non-hydrogen) atoms. The van der Waals surface area contributed by atoms with Crippen molar-refractivity contribution in [1.29, 1.82) is 0 Å². The van der Waals surface area contributed by atoms with Gasteiger partial charge in [-0.15, -0.1) is 0 Å². The summed E-state index contributed by atoms with van der Waals surface area (Å²) in [4.78, 5) is 11.0. The van der Waals surface area contributed by atoms with Gasteiger partial charge in [-0.3, -0.25) is 0 Å². The van der Waals surface area contributed by atoms with E-state index in [9.17, 15) is 4.79 Å². The van der Waals surface area contributed by atoms with Gasteiger partial charge in [0.05, 0.1) is 0 Å². The summed E-state index contributed by atoms with van der Waals surface area (Å²) >= 11 is 0. The minimum atomic E-state index is -0.314. The molecule has 0 aromatic heterocycles. The lowest BCUT2D eigenvalue weighted by molar-refractivity contribution is 0.438. The predicted octanol–water partition coefficient (Wildman–Crippen LogP) is 3.23. The van der Waals surface area contributed by atoms with Crippen LogP contribution in [0.2, 0.25) is 0 Å². The van der Waals surface area contributed by atoms with E-state index < -0.39 is 0 Å². The van der Waals surface area contributed by atoms with Gasteiger partial charge in [0.2, 0.25) is 0 Å². The standard InChI is InChI=1S/C10H10O3.C2H6/c1-3-8-10-7(4-6(2)12-8)5-9(11)13-10;1-2/h4-5H,3H2,1-2H3;1-2H3. The molecular weight excluding hydrogens is 192 g/mol. The summed E-state index contributed by atoms with van der Waals surface area (Å²) < 4.78 is 10.4. The average molecular weight is 208 g/mol. The number of furan rings is 1. The summed E-state index contributed by atoms with van der Waals surface area (Å²) in [6.45, 7) is 7.82. The van der Waals surface area contributed by atoms with E-state index in [1.165, 1.54) is 6.07 Å². The molecule has 0 spiro atoms. The lowest BCUT2D eigenvalue weighted by Gasteiger charge is -2.03. The second kappa shape index (κ2) is 4.82. The van der Waals surface area contributed by atoms with Crippen LogP contribution in [0.3, 0.4) is 0 Å². The van der Waals surface area contributed by atoms with Crippen LogP contribution in [0.25, 0.3) is 11.3 Å². The molecule has 0 bridgehead atoms. The molecule has 2 heterocycles. The third-order valence-electron chi connectivity index (χ3n) is 1.96. The summed E-state index contributed by atoms with van der Waals surface area (Å²) in [6.07, 6.45) is 0.727. The number of rotatable bonds is 1. The van der Waals surface area contributed by atoms with Gasteiger partial charge in [-0.2, -0.15) is 0 Å². The second-order valence-corrected chi connectivity index (χ2v) is 2.98. The first-order valence-electron chi connectivity index (χ1n) is 5.24. The molecule has 0 atom stereocenters. The van der Waals surface area contributed by atoms with Crippen molar-refractivity contribution >= 4 is 0 Å². The highest BCUT2D eigenvalue weighted by Crippen LogP contribution is 2.26. The molecule has 3 nitrogen and oxygen atoms in total. The predicted molar refractivity (Wildman–Crippen MR) is 59.3 cm³/mol. The van der Waals surface area contributed by atoms with Crippen LogP contribution in [0.15, 0.2) is 25.8 Å². The quantitative estimate of drug-likeness (QED) is 0.722. The van der Waals surface area contributed by atoms with Crippen LogP contribution in [-0.2, 0) is 6.42 Å². The lowest BCUT2D eigenvalue weighted by atomic mass is 10.1. The molecule has 0 fully saturated rings. The van der Waals surface area contributed by atoms with Gasteiger partial charge in [-0.1, -0.05) is 20.8 Å². The van der Waals surface area contributed by atoms with Gasteiger partial charge in [0.25, 0.3) is 0 Å². The third-order valence-corrected chi connectivity index (χ3v) is 1.96. The van der Waals surface area contributed by atoms with Crippen molar-refractivity contribution < 1.29 is 8.83 Å². The topological polar surface area (TPSA) is 43.4 Å². The Bertz CT molecular complexity index is 451. The van der Waals surface area contributed by atoms with E-state index in [1.807, 2.05) is 27.7 Å². The number of hydrogen-bond donors (Lipinski definition) is 0. The molecule has 3 heteroatoms. The second-order valence-electron chi connectivity index (χ2n) is 2.98. The first kappa shape index (κ1) is 11.6. The van der Waals surface area contributed by atoms with Crippen molar-refractivity contribution in [3.05, 3.63) is 34.1 Å². The highest BCUT2D eigenvalue weighted by Gasteiger charge is 2.15. The van der Waals surface area contributed by atoms with Crippen molar-refractivity contribution in [2.24, 2.45) is 0 Å². The molecule has 2 rings (SSSR count). The number of aryl methyl sites for hydroxylation is 2. The largest absolute Gasteiger partial charge is 0.462 e. The van der Waals surface area contributed by atoms with E-state index in [0.717, 1.165) is 23.5 Å². The minimum Gasteiger partial charge on any atom is -0.462 e. The Morgan fingerprint density at radius 2 is 1.87 bits per heavy atom. The van der Waals surface area contributed by atoms with Crippen molar-refractivity contribution in [1.82, 2.24) is 0 Å². The van der Waals surface area contributed by atoms with Crippen LogP contribution in [0.4, 0.5) is 0 Å². The van der Waals surface area contributed by atoms with Crippen molar-refractivity contribution in [2.45, 2.75) is 34.1 Å². The van der Waals surface area contributed by atoms with Crippen molar-refractivity contribution in [3.63, 3.8) is 0 Å². The summed E-state index contributed by atoms with van der Waals surface area (Å²) in [7, 11) is 0. The summed E-state index contributed by atoms with van der Waals surface area (Å²) in [6, 6.07) is 3.29. The van der Waals surface area contributed by atoms with Crippen LogP contribution >= 0.6 is 0 Å². The maximum atomic E-state index is 11.0. The fourth-order valence-corrected chi connectivity index (χ4v) is 1.43. The molecular formula is C12H16O3. The summed E-state index contributed by atoms with van der Waals surface area (Å²) in [5.41, 5.74) is 0.510. The molecule has 0 N–H and O–H groups in total. The normalized spacial score (nSPS) is 9.87. The summed E-state index contributed by atoms with van der Waals surface area (Å²) in [5.74, 6) is 2.11. The highest BCUT2D eigenvalue weighted by atomic mass is 16.4. The lowest BCUT2D eigenvalue weighted by Crippen LogP contribution is -1.87. The SMILES string of the molecule is CC.CCc1oc(C)cc2cc(=O)oc1-2. The molecule has 2 aliphatic heterocycles. The van der Waals surface area contributed by atoms with Gasteiger partial charge in [-0.25, -0.2) is 4.79 Å². The monoisotopic (exact) mass is 208 g/mol. The molecule has 0 aromatic rings. The molecule has 0 aliphatic carbocycles. The van der Waals surface area contributed by atoms with Crippen LogP contribution in [0.1, 0.15) is 32.3 Å². The van der Waals surface area contributed by atoms with E-state index in [2.05, 4.69) is 0 Å². The maximum Gasteiger partial charge on any atom is 0.337 e. The Balaban J connectivity index is 0.000000531. The highest BCUT2D eigenvalue weighted by molar-refractivity contribution is 5.60. The van der Waals surface area contributed by atoms with Crippen LogP contribution in [0.5, 0.6) is 0 Å². The molecule has 2 aliphatic rings. The minimum absolute atomic E-state index is 0.314. The van der Waals surface area contributed by atoms with Gasteiger partial charge in [0.15, 0.2) is 5.76 Å². The van der Waals surface area contributed by atoms with E-state index in [0.29, 0.717) is 5.76 Å². The van der Waals surface area contributed by atoms with E-state index >= 15 is 0 Å². The number of fused-ring (bicyclic) bond motifs is 1. The smallest absolute Gasteiger partial charge is 0.337 e. The average Bonchev–Trinajstić information content (AvgIpc) is 2.60. The molecule has 0 amide bonds. The van der Waals surface area contributed by atoms with E-state index in [-0.39, 0.29) is 5.63 Å². The molecule has 0 unspecified atom stereocenters. The molecule has 0 radical (unpaired) electrons. The van der Waals surface area contributed by atoms with Crippen LogP contribution < -0.4 is 5.63 Å². The Labute approximate surface area is 89.1 Å². The Kier molecular flexibility index (Phi) is 3.72. The van der Waals surface area contributed by atoms with Gasteiger partial charge >= 0.3 is 5.63 Å². The van der Waals surface area contributed by atoms with Crippen LogP contribution in [0, 0.1) is 6.92 Å². The molecule has 0 saturated heterocycles. The fraction of sp³-hybridized carbons (Fsp3) is 0.417. The first-order chi connectivity index (χ1) is 7.20. The Morgan fingerprint density at radius 3 is 2.47 bits per heavy atom. The fourth-order valence-electron chi connectivity index (χ4n) is 1.43. The van der Waals surface area contributed by atoms with E-state index in [4.69, 9.17) is 8.83 Å². The summed E-state index contributed by atoms with van der Waals surface area (Å²) in [5, 5.41) is 0. The van der Waals surface area contributed by atoms with E-state index in [1.54, 1.807) is 6.07 Å². The third kappa shape index (κ3) is 2.29. The van der Waals surface area contributed by atoms with Gasteiger partial charge in [-0.05, 0) is 13.0 Å². The Hall–Kier alpha value is -1.51. The molecule has 82 valence electrons. The van der Waals surface area contributed by atoms with Gasteiger partial charge in [0.1, 0.15) is 11.5 Å². The molecule has 0 saturated carbocycles. The zero-order chi connectivity index (χ0) is 11.4. The van der Waals surface area contributed by atoms with Gasteiger partial charge in [0, 0.05) is 18.1 Å². The number of hydrogen-bond acceptors (Lipinski definition) is 3. The zero-order valence-electron chi connectivity index (χ0n) is 9.59. The molecule has 0 aromatic carbocycles. The maximum absolute atomic E-state index is 11.0. The Morgan fingerprint density at radius 1 is 1.20 bits per heavy atom. The van der Waals surface area contributed by atoms with Crippen LogP contribution in [-0.4, -0.2) is 0 Å². The van der Waals surface area contributed by atoms with Crippen molar-refractivity contribution in [3.8, 4) is 11.3 Å². The first-order valence-corrected chi connectivity index (χ1v) is 5.24. The van der Waals surface area contributed by atoms with Gasteiger partial charge < -0.3 is 8.83 Å².